The molecule has 2 nitrogen and oxygen atoms in total. The van der Waals surface area contributed by atoms with Crippen molar-refractivity contribution in [3.63, 3.8) is 0 Å². The van der Waals surface area contributed by atoms with Gasteiger partial charge in [-0.25, -0.2) is 0 Å². The monoisotopic (exact) mass is 188 g/mol. The third-order valence-electron chi connectivity index (χ3n) is 0.567. The van der Waals surface area contributed by atoms with Gasteiger partial charge in [0.15, 0.2) is 0 Å². The van der Waals surface area contributed by atoms with E-state index in [1.807, 2.05) is 6.92 Å². The lowest BCUT2D eigenvalue weighted by molar-refractivity contribution is 1.34. The maximum absolute atomic E-state index is 5.13. The molecule has 0 unspecified atom stereocenters. The quantitative estimate of drug-likeness (QED) is 0.660. The molecule has 9 heavy (non-hydrogen) atoms. The predicted octanol–water partition coefficient (Wildman–Crippen LogP) is 1.79. The van der Waals surface area contributed by atoms with E-state index in [0.717, 1.165) is 10.2 Å². The molecule has 3 heteroatoms. The number of halogens is 1. The largest absolute Gasteiger partial charge is 0.404 e. The highest BCUT2D eigenvalue weighted by molar-refractivity contribution is 9.12. The molecule has 0 aliphatic heterocycles. The number of hydrogen-bond donors (Lipinski definition) is 1. The Kier molecular flexibility index (Phi) is 4.05. The molecule has 0 bridgehead atoms. The molecule has 0 rings (SSSR count). The minimum absolute atomic E-state index is 0.755. The van der Waals surface area contributed by atoms with Gasteiger partial charge in [-0.05, 0) is 22.9 Å². The zero-order chi connectivity index (χ0) is 7.28. The third-order valence-corrected chi connectivity index (χ3v) is 1.04. The van der Waals surface area contributed by atoms with Crippen molar-refractivity contribution in [2.45, 2.75) is 6.92 Å². The minimum atomic E-state index is 0.755. The fourth-order valence-corrected chi connectivity index (χ4v) is 0.317. The van der Waals surface area contributed by atoms with E-state index in [0.29, 0.717) is 0 Å². The lowest BCUT2D eigenvalue weighted by Gasteiger charge is -1.85. The summed E-state index contributed by atoms with van der Waals surface area (Å²) in [5.74, 6) is 0. The number of nitrogens with zero attached hydrogens (tertiary/aromatic N) is 1. The van der Waals surface area contributed by atoms with Crippen LogP contribution in [0.2, 0.25) is 0 Å². The fraction of sp³-hybridized carbons (Fsp3) is 0.167. The molecule has 0 saturated heterocycles. The molecule has 0 heterocycles. The van der Waals surface area contributed by atoms with E-state index in [2.05, 4.69) is 27.5 Å². The van der Waals surface area contributed by atoms with E-state index < -0.39 is 0 Å². The van der Waals surface area contributed by atoms with Gasteiger partial charge in [0.1, 0.15) is 0 Å². The van der Waals surface area contributed by atoms with Gasteiger partial charge < -0.3 is 5.73 Å². The normalized spacial score (nSPS) is 12.4. The molecule has 0 aliphatic rings. The van der Waals surface area contributed by atoms with Crippen LogP contribution in [0.1, 0.15) is 6.92 Å². The second-order valence-electron chi connectivity index (χ2n) is 1.55. The fourth-order valence-electron chi connectivity index (χ4n) is 0.215. The van der Waals surface area contributed by atoms with Crippen LogP contribution in [0.5, 0.6) is 0 Å². The average molecular weight is 189 g/mol. The molecule has 0 aromatic heterocycles. The summed E-state index contributed by atoms with van der Waals surface area (Å²) in [4.78, 5) is 3.88. The molecule has 0 spiro atoms. The van der Waals surface area contributed by atoms with Crippen LogP contribution < -0.4 is 5.73 Å². The highest BCUT2D eigenvalue weighted by Crippen LogP contribution is 1.99. The molecule has 0 aromatic rings. The molecule has 0 radical (unpaired) electrons. The standard InChI is InChI=1S/C6H9BrN2/c1-5(2)9-4-6(7)3-8/h3-4H,1,8H2,2H3/b6-3+,9-4-. The smallest absolute Gasteiger partial charge is 0.0512 e. The first-order valence-electron chi connectivity index (χ1n) is 2.44. The Morgan fingerprint density at radius 1 is 1.78 bits per heavy atom. The van der Waals surface area contributed by atoms with E-state index in [9.17, 15) is 0 Å². The summed E-state index contributed by atoms with van der Waals surface area (Å²) < 4.78 is 0.755. The zero-order valence-corrected chi connectivity index (χ0v) is 6.85. The molecule has 0 fully saturated rings. The first-order valence-corrected chi connectivity index (χ1v) is 3.23. The Balaban J connectivity index is 3.86. The van der Waals surface area contributed by atoms with Crippen LogP contribution in [-0.4, -0.2) is 6.21 Å². The summed E-state index contributed by atoms with van der Waals surface area (Å²) in [6.07, 6.45) is 3.02. The number of hydrogen-bond acceptors (Lipinski definition) is 2. The van der Waals surface area contributed by atoms with Crippen molar-refractivity contribution in [2.24, 2.45) is 10.7 Å². The highest BCUT2D eigenvalue weighted by atomic mass is 79.9. The Hall–Kier alpha value is -0.570. The number of allylic oxidation sites excluding steroid dienone is 2. The molecule has 0 aliphatic carbocycles. The molecule has 0 atom stereocenters. The SMILES string of the molecule is C=C(C)/N=C\C(Br)=C/N. The van der Waals surface area contributed by atoms with Crippen molar-refractivity contribution >= 4 is 22.1 Å². The number of rotatable bonds is 2. The second kappa shape index (κ2) is 4.32. The summed E-state index contributed by atoms with van der Waals surface area (Å²) in [6.45, 7) is 5.39. The summed E-state index contributed by atoms with van der Waals surface area (Å²) in [5, 5.41) is 0. The number of nitrogens with two attached hydrogens (primary N) is 1. The summed E-state index contributed by atoms with van der Waals surface area (Å²) in [5.41, 5.74) is 5.89. The highest BCUT2D eigenvalue weighted by Gasteiger charge is 1.79. The number of aliphatic imine (C=N–C) groups is 1. The van der Waals surface area contributed by atoms with E-state index >= 15 is 0 Å². The first-order chi connectivity index (χ1) is 4.16. The van der Waals surface area contributed by atoms with Crippen LogP contribution in [-0.2, 0) is 0 Å². The van der Waals surface area contributed by atoms with E-state index in [1.54, 1.807) is 6.21 Å². The molecular weight excluding hydrogens is 180 g/mol. The van der Waals surface area contributed by atoms with Crippen molar-refractivity contribution in [2.75, 3.05) is 0 Å². The molecular formula is C6H9BrN2. The molecule has 0 aromatic carbocycles. The van der Waals surface area contributed by atoms with Gasteiger partial charge in [-0.2, -0.15) is 0 Å². The Morgan fingerprint density at radius 3 is 2.67 bits per heavy atom. The predicted molar refractivity (Wildman–Crippen MR) is 44.5 cm³/mol. The summed E-state index contributed by atoms with van der Waals surface area (Å²) in [6, 6.07) is 0. The van der Waals surface area contributed by atoms with Crippen LogP contribution in [0.3, 0.4) is 0 Å². The first kappa shape index (κ1) is 8.43. The molecule has 50 valence electrons. The maximum Gasteiger partial charge on any atom is 0.0512 e. The van der Waals surface area contributed by atoms with Gasteiger partial charge in [-0.15, -0.1) is 0 Å². The maximum atomic E-state index is 5.13. The van der Waals surface area contributed by atoms with Crippen molar-refractivity contribution in [1.82, 2.24) is 0 Å². The lowest BCUT2D eigenvalue weighted by atomic mass is 10.6. The molecule has 0 saturated carbocycles. The van der Waals surface area contributed by atoms with Crippen LogP contribution in [0.15, 0.2) is 28.0 Å². The van der Waals surface area contributed by atoms with Crippen molar-refractivity contribution in [1.29, 1.82) is 0 Å². The average Bonchev–Trinajstić information content (AvgIpc) is 1.83. The Morgan fingerprint density at radius 2 is 2.33 bits per heavy atom. The van der Waals surface area contributed by atoms with Crippen LogP contribution in [0, 0.1) is 0 Å². The van der Waals surface area contributed by atoms with Crippen LogP contribution in [0.25, 0.3) is 0 Å². The Bertz CT molecular complexity index is 158. The summed E-state index contributed by atoms with van der Waals surface area (Å²) >= 11 is 3.15. The molecule has 2 N–H and O–H groups in total. The molecule has 0 amide bonds. The van der Waals surface area contributed by atoms with Gasteiger partial charge in [0.2, 0.25) is 0 Å². The minimum Gasteiger partial charge on any atom is -0.404 e. The van der Waals surface area contributed by atoms with Gasteiger partial charge >= 0.3 is 0 Å². The lowest BCUT2D eigenvalue weighted by Crippen LogP contribution is -1.82. The topological polar surface area (TPSA) is 38.4 Å². The van der Waals surface area contributed by atoms with Gasteiger partial charge in [-0.1, -0.05) is 6.58 Å². The van der Waals surface area contributed by atoms with E-state index in [1.165, 1.54) is 6.20 Å². The van der Waals surface area contributed by atoms with Crippen molar-refractivity contribution in [3.8, 4) is 0 Å². The second-order valence-corrected chi connectivity index (χ2v) is 2.46. The van der Waals surface area contributed by atoms with Crippen LogP contribution in [0.4, 0.5) is 0 Å². The Labute approximate surface area is 63.3 Å². The van der Waals surface area contributed by atoms with Gasteiger partial charge in [-0.3, -0.25) is 4.99 Å². The van der Waals surface area contributed by atoms with Crippen molar-refractivity contribution in [3.05, 3.63) is 23.0 Å². The van der Waals surface area contributed by atoms with Crippen molar-refractivity contribution < 1.29 is 0 Å². The van der Waals surface area contributed by atoms with Crippen LogP contribution >= 0.6 is 15.9 Å². The van der Waals surface area contributed by atoms with E-state index in [-0.39, 0.29) is 0 Å². The van der Waals surface area contributed by atoms with Gasteiger partial charge in [0.25, 0.3) is 0 Å². The third kappa shape index (κ3) is 5.30. The van der Waals surface area contributed by atoms with E-state index in [4.69, 9.17) is 5.73 Å². The van der Waals surface area contributed by atoms with Gasteiger partial charge in [0, 0.05) is 18.1 Å². The zero-order valence-electron chi connectivity index (χ0n) is 5.26. The van der Waals surface area contributed by atoms with Gasteiger partial charge in [0.05, 0.1) is 4.48 Å². The summed E-state index contributed by atoms with van der Waals surface area (Å²) in [7, 11) is 0.